The predicted molar refractivity (Wildman–Crippen MR) is 68.9 cm³/mol. The van der Waals surface area contributed by atoms with Gasteiger partial charge in [-0.05, 0) is 49.3 Å². The van der Waals surface area contributed by atoms with Gasteiger partial charge in [-0.25, -0.2) is 0 Å². The molecule has 17 heavy (non-hydrogen) atoms. The summed E-state index contributed by atoms with van der Waals surface area (Å²) in [5, 5.41) is 9.25. The van der Waals surface area contributed by atoms with E-state index in [2.05, 4.69) is 29.2 Å². The Morgan fingerprint density at radius 1 is 1.24 bits per heavy atom. The summed E-state index contributed by atoms with van der Waals surface area (Å²) in [6.45, 7) is 2.59. The molecule has 3 rings (SSSR count). The van der Waals surface area contributed by atoms with Gasteiger partial charge in [0.1, 0.15) is 0 Å². The van der Waals surface area contributed by atoms with Crippen LogP contribution in [0, 0.1) is 5.92 Å². The highest BCUT2D eigenvalue weighted by molar-refractivity contribution is 5.32. The summed E-state index contributed by atoms with van der Waals surface area (Å²) in [5.41, 5.74) is 3.08. The van der Waals surface area contributed by atoms with Crippen molar-refractivity contribution in [3.8, 4) is 0 Å². The Kier molecular flexibility index (Phi) is 3.17. The van der Waals surface area contributed by atoms with E-state index in [-0.39, 0.29) is 0 Å². The Hall–Kier alpha value is -0.860. The molecule has 92 valence electrons. The van der Waals surface area contributed by atoms with E-state index in [9.17, 15) is 5.11 Å². The van der Waals surface area contributed by atoms with Crippen LogP contribution in [0.25, 0.3) is 0 Å². The summed E-state index contributed by atoms with van der Waals surface area (Å²) < 4.78 is 0. The first-order valence-electron chi connectivity index (χ1n) is 6.81. The van der Waals surface area contributed by atoms with Gasteiger partial charge in [-0.15, -0.1) is 0 Å². The van der Waals surface area contributed by atoms with Crippen LogP contribution in [-0.2, 0) is 6.42 Å². The SMILES string of the molecule is OCC1CCN(C2CCCc3ccccc32)C1. The van der Waals surface area contributed by atoms with Gasteiger partial charge in [0.05, 0.1) is 0 Å². The minimum absolute atomic E-state index is 0.352. The second-order valence-electron chi connectivity index (χ2n) is 5.44. The quantitative estimate of drug-likeness (QED) is 0.844. The summed E-state index contributed by atoms with van der Waals surface area (Å²) in [6, 6.07) is 9.50. The normalized spacial score (nSPS) is 29.2. The van der Waals surface area contributed by atoms with Crippen LogP contribution in [0.2, 0.25) is 0 Å². The topological polar surface area (TPSA) is 23.5 Å². The molecule has 1 aromatic rings. The van der Waals surface area contributed by atoms with Crippen LogP contribution in [0.1, 0.15) is 36.4 Å². The number of fused-ring (bicyclic) bond motifs is 1. The van der Waals surface area contributed by atoms with Crippen molar-refractivity contribution < 1.29 is 5.11 Å². The van der Waals surface area contributed by atoms with Gasteiger partial charge < -0.3 is 5.11 Å². The maximum atomic E-state index is 9.25. The molecular weight excluding hydrogens is 210 g/mol. The number of benzene rings is 1. The molecule has 0 aromatic heterocycles. The lowest BCUT2D eigenvalue weighted by Gasteiger charge is -2.33. The second kappa shape index (κ2) is 4.79. The Labute approximate surface area is 103 Å². The molecule has 2 aliphatic rings. The molecule has 1 aliphatic heterocycles. The number of aryl methyl sites for hydroxylation is 1. The monoisotopic (exact) mass is 231 g/mol. The molecule has 0 radical (unpaired) electrons. The molecule has 0 amide bonds. The molecule has 0 saturated carbocycles. The second-order valence-corrected chi connectivity index (χ2v) is 5.44. The molecule has 2 nitrogen and oxygen atoms in total. The molecule has 1 aliphatic carbocycles. The number of nitrogens with zero attached hydrogens (tertiary/aromatic N) is 1. The van der Waals surface area contributed by atoms with Crippen LogP contribution in [0.5, 0.6) is 0 Å². The van der Waals surface area contributed by atoms with Crippen molar-refractivity contribution in [3.05, 3.63) is 35.4 Å². The van der Waals surface area contributed by atoms with E-state index >= 15 is 0 Å². The lowest BCUT2D eigenvalue weighted by Crippen LogP contribution is -2.29. The van der Waals surface area contributed by atoms with E-state index in [4.69, 9.17) is 0 Å². The van der Waals surface area contributed by atoms with Gasteiger partial charge in [-0.2, -0.15) is 0 Å². The van der Waals surface area contributed by atoms with Crippen molar-refractivity contribution in [1.82, 2.24) is 4.90 Å². The number of aliphatic hydroxyl groups excluding tert-OH is 1. The van der Waals surface area contributed by atoms with E-state index in [0.29, 0.717) is 18.6 Å². The lowest BCUT2D eigenvalue weighted by molar-refractivity contribution is 0.187. The summed E-state index contributed by atoms with van der Waals surface area (Å²) >= 11 is 0. The molecule has 2 unspecified atom stereocenters. The van der Waals surface area contributed by atoms with Crippen molar-refractivity contribution in [2.75, 3.05) is 19.7 Å². The average molecular weight is 231 g/mol. The van der Waals surface area contributed by atoms with E-state index in [1.807, 2.05) is 0 Å². The van der Waals surface area contributed by atoms with Crippen molar-refractivity contribution in [2.45, 2.75) is 31.7 Å². The van der Waals surface area contributed by atoms with Crippen LogP contribution in [0.4, 0.5) is 0 Å². The van der Waals surface area contributed by atoms with Crippen LogP contribution in [0.15, 0.2) is 24.3 Å². The fraction of sp³-hybridized carbons (Fsp3) is 0.600. The van der Waals surface area contributed by atoms with Crippen LogP contribution in [-0.4, -0.2) is 29.7 Å². The molecule has 0 bridgehead atoms. The first kappa shape index (κ1) is 11.2. The Bertz CT molecular complexity index is 390. The first-order valence-corrected chi connectivity index (χ1v) is 6.81. The van der Waals surface area contributed by atoms with Crippen LogP contribution >= 0.6 is 0 Å². The molecule has 1 fully saturated rings. The zero-order chi connectivity index (χ0) is 11.7. The first-order chi connectivity index (χ1) is 8.38. The minimum atomic E-state index is 0.352. The smallest absolute Gasteiger partial charge is 0.0471 e. The minimum Gasteiger partial charge on any atom is -0.396 e. The fourth-order valence-corrected chi connectivity index (χ4v) is 3.40. The number of likely N-dealkylation sites (tertiary alicyclic amines) is 1. The Morgan fingerprint density at radius 3 is 2.94 bits per heavy atom. The average Bonchev–Trinajstić information content (AvgIpc) is 2.87. The van der Waals surface area contributed by atoms with Gasteiger partial charge in [0, 0.05) is 19.2 Å². The molecule has 1 aromatic carbocycles. The van der Waals surface area contributed by atoms with Crippen LogP contribution in [0.3, 0.4) is 0 Å². The number of aliphatic hydroxyl groups is 1. The fourth-order valence-electron chi connectivity index (χ4n) is 3.40. The maximum absolute atomic E-state index is 9.25. The van der Waals surface area contributed by atoms with Crippen molar-refractivity contribution in [3.63, 3.8) is 0 Å². The molecule has 1 N–H and O–H groups in total. The zero-order valence-corrected chi connectivity index (χ0v) is 10.3. The molecule has 0 spiro atoms. The lowest BCUT2D eigenvalue weighted by atomic mass is 9.87. The van der Waals surface area contributed by atoms with Crippen molar-refractivity contribution in [2.24, 2.45) is 5.92 Å². The van der Waals surface area contributed by atoms with Gasteiger partial charge in [-0.1, -0.05) is 24.3 Å². The van der Waals surface area contributed by atoms with E-state index < -0.39 is 0 Å². The summed E-state index contributed by atoms with van der Waals surface area (Å²) in [5.74, 6) is 0.504. The van der Waals surface area contributed by atoms with E-state index in [1.165, 1.54) is 30.4 Å². The Balaban J connectivity index is 1.81. The maximum Gasteiger partial charge on any atom is 0.0471 e. The Morgan fingerprint density at radius 2 is 2.12 bits per heavy atom. The highest BCUT2D eigenvalue weighted by Gasteiger charge is 2.31. The summed E-state index contributed by atoms with van der Waals surface area (Å²) in [6.07, 6.45) is 5.00. The third-order valence-corrected chi connectivity index (χ3v) is 4.35. The number of hydrogen-bond donors (Lipinski definition) is 1. The van der Waals surface area contributed by atoms with Gasteiger partial charge in [0.15, 0.2) is 0 Å². The standard InChI is InChI=1S/C15H21NO/c17-11-12-8-9-16(10-12)15-7-3-5-13-4-1-2-6-14(13)15/h1-2,4,6,12,15,17H,3,5,7-11H2. The van der Waals surface area contributed by atoms with Gasteiger partial charge >= 0.3 is 0 Å². The summed E-state index contributed by atoms with van der Waals surface area (Å²) in [7, 11) is 0. The van der Waals surface area contributed by atoms with E-state index in [1.54, 1.807) is 0 Å². The summed E-state index contributed by atoms with van der Waals surface area (Å²) in [4.78, 5) is 2.58. The highest BCUT2D eigenvalue weighted by atomic mass is 16.3. The highest BCUT2D eigenvalue weighted by Crippen LogP contribution is 2.36. The third kappa shape index (κ3) is 2.12. The van der Waals surface area contributed by atoms with Crippen LogP contribution < -0.4 is 0 Å². The van der Waals surface area contributed by atoms with Gasteiger partial charge in [0.2, 0.25) is 0 Å². The van der Waals surface area contributed by atoms with Crippen molar-refractivity contribution in [1.29, 1.82) is 0 Å². The molecule has 1 saturated heterocycles. The number of rotatable bonds is 2. The third-order valence-electron chi connectivity index (χ3n) is 4.35. The molecule has 2 heteroatoms. The zero-order valence-electron chi connectivity index (χ0n) is 10.3. The largest absolute Gasteiger partial charge is 0.396 e. The van der Waals surface area contributed by atoms with Gasteiger partial charge in [0.25, 0.3) is 0 Å². The predicted octanol–water partition coefficient (Wildman–Crippen LogP) is 2.38. The van der Waals surface area contributed by atoms with Gasteiger partial charge in [-0.3, -0.25) is 4.90 Å². The number of hydrogen-bond acceptors (Lipinski definition) is 2. The molecule has 2 atom stereocenters. The molecule has 1 heterocycles. The molecular formula is C15H21NO. The van der Waals surface area contributed by atoms with E-state index in [0.717, 1.165) is 19.5 Å². The van der Waals surface area contributed by atoms with Crippen molar-refractivity contribution >= 4 is 0 Å².